The number of rotatable bonds is 0. The van der Waals surface area contributed by atoms with Gasteiger partial charge in [-0.05, 0) is 55.4 Å². The van der Waals surface area contributed by atoms with E-state index in [2.05, 4.69) is 0 Å². The van der Waals surface area contributed by atoms with E-state index in [0.29, 0.717) is 0 Å². The van der Waals surface area contributed by atoms with Crippen LogP contribution in [0.1, 0.15) is 55.4 Å². The molecule has 0 amide bonds. The Morgan fingerprint density at radius 1 is 0.750 bits per heavy atom. The van der Waals surface area contributed by atoms with Crippen molar-refractivity contribution in [3.63, 3.8) is 0 Å². The molecule has 0 aliphatic carbocycles. The summed E-state index contributed by atoms with van der Waals surface area (Å²) in [6.45, 7) is 16.0. The molecule has 1 aliphatic heterocycles. The minimum absolute atomic E-state index is 0.292. The summed E-state index contributed by atoms with van der Waals surface area (Å²) in [5.41, 5.74) is -1.84. The van der Waals surface area contributed by atoms with Gasteiger partial charge in [0, 0.05) is 0 Å². The average Bonchev–Trinajstić information content (AvgIpc) is 1.98. The molecule has 1 rings (SSSR count). The smallest absolute Gasteiger partial charge is 0.122 e. The van der Waals surface area contributed by atoms with Gasteiger partial charge in [-0.2, -0.15) is 0 Å². The van der Waals surface area contributed by atoms with E-state index in [-0.39, 0.29) is 4.65 Å². The van der Waals surface area contributed by atoms with Crippen molar-refractivity contribution >= 4 is 0 Å². The van der Waals surface area contributed by atoms with Gasteiger partial charge in [0.2, 0.25) is 0 Å². The largest absolute Gasteiger partial charge is 0.632 e. The third-order valence-corrected chi connectivity index (χ3v) is 5.59. The molecular weight excluding hydrogens is 202 g/mol. The molecular formula is C13H27NO2. The molecule has 1 heterocycles. The summed E-state index contributed by atoms with van der Waals surface area (Å²) in [5, 5.41) is 13.1. The maximum atomic E-state index is 13.1. The molecule has 0 saturated carbocycles. The second kappa shape index (κ2) is 3.01. The zero-order valence-corrected chi connectivity index (χ0v) is 12.3. The minimum atomic E-state index is -0.480. The third kappa shape index (κ3) is 1.31. The summed E-state index contributed by atoms with van der Waals surface area (Å²) in [7, 11) is 1.77. The average molecular weight is 229 g/mol. The molecule has 3 nitrogen and oxygen atoms in total. The quantitative estimate of drug-likeness (QED) is 0.472. The van der Waals surface area contributed by atoms with Crippen molar-refractivity contribution in [3.8, 4) is 0 Å². The zero-order chi connectivity index (χ0) is 13.2. The number of nitrogens with zero attached hydrogens (tertiary/aromatic N) is 1. The highest BCUT2D eigenvalue weighted by Gasteiger charge is 2.65. The van der Waals surface area contributed by atoms with Crippen LogP contribution in [0.25, 0.3) is 0 Å². The number of hydrogen-bond donors (Lipinski definition) is 0. The monoisotopic (exact) mass is 229 g/mol. The standard InChI is InChI=1S/C13H27NO2/c1-10(2)12(5,6)16-13(7,8)11(3,4)14(10,9)15/h1-9H3. The fraction of sp³-hybridized carbons (Fsp3) is 1.00. The maximum Gasteiger partial charge on any atom is 0.122 e. The SMILES string of the molecule is CC1(C)OC(C)(C)C(C)(C)[N+](C)([O-])C1(C)C. The number of quaternary nitrogens is 1. The molecule has 0 atom stereocenters. The number of ether oxygens (including phenoxy) is 1. The van der Waals surface area contributed by atoms with Gasteiger partial charge in [0.05, 0.1) is 7.05 Å². The first-order valence-corrected chi connectivity index (χ1v) is 5.99. The summed E-state index contributed by atoms with van der Waals surface area (Å²) in [6, 6.07) is 0. The molecule has 0 radical (unpaired) electrons. The zero-order valence-electron chi connectivity index (χ0n) is 12.3. The minimum Gasteiger partial charge on any atom is -0.632 e. The van der Waals surface area contributed by atoms with Gasteiger partial charge in [-0.25, -0.2) is 0 Å². The Balaban J connectivity index is 3.43. The van der Waals surface area contributed by atoms with E-state index in [9.17, 15) is 5.21 Å². The Morgan fingerprint density at radius 3 is 1.25 bits per heavy atom. The van der Waals surface area contributed by atoms with E-state index in [0.717, 1.165) is 0 Å². The first-order valence-electron chi connectivity index (χ1n) is 5.99. The molecule has 1 fully saturated rings. The highest BCUT2D eigenvalue weighted by Crippen LogP contribution is 2.52. The predicted molar refractivity (Wildman–Crippen MR) is 67.0 cm³/mol. The lowest BCUT2D eigenvalue weighted by Gasteiger charge is -2.72. The summed E-state index contributed by atoms with van der Waals surface area (Å²) < 4.78 is 5.92. The lowest BCUT2D eigenvalue weighted by molar-refractivity contribution is -0.982. The number of hydroxylamine groups is 3. The highest BCUT2D eigenvalue weighted by atomic mass is 16.6. The summed E-state index contributed by atoms with van der Waals surface area (Å²) in [6.07, 6.45) is 0. The van der Waals surface area contributed by atoms with Crippen molar-refractivity contribution in [3.05, 3.63) is 5.21 Å². The fourth-order valence-electron chi connectivity index (χ4n) is 2.61. The molecule has 0 bridgehead atoms. The van der Waals surface area contributed by atoms with E-state index in [1.54, 1.807) is 7.05 Å². The van der Waals surface area contributed by atoms with Crippen LogP contribution in [0.15, 0.2) is 0 Å². The number of likely N-dealkylation sites (N-methyl/N-ethyl adjacent to an activating group) is 1. The molecule has 0 N–H and O–H groups in total. The van der Waals surface area contributed by atoms with Gasteiger partial charge in [-0.3, -0.25) is 0 Å². The highest BCUT2D eigenvalue weighted by molar-refractivity contribution is 5.05. The van der Waals surface area contributed by atoms with Crippen LogP contribution in [0.3, 0.4) is 0 Å². The van der Waals surface area contributed by atoms with E-state index >= 15 is 0 Å². The maximum absolute atomic E-state index is 13.1. The molecule has 0 aromatic heterocycles. The molecule has 0 aromatic carbocycles. The second-order valence-corrected chi connectivity index (χ2v) is 7.16. The fourth-order valence-corrected chi connectivity index (χ4v) is 2.61. The molecule has 0 unspecified atom stereocenters. The van der Waals surface area contributed by atoms with Gasteiger partial charge < -0.3 is 14.6 Å². The molecule has 3 heteroatoms. The van der Waals surface area contributed by atoms with Crippen molar-refractivity contribution in [1.29, 1.82) is 0 Å². The molecule has 16 heavy (non-hydrogen) atoms. The molecule has 1 aliphatic rings. The first kappa shape index (κ1) is 13.9. The van der Waals surface area contributed by atoms with Crippen molar-refractivity contribution in [2.24, 2.45) is 0 Å². The molecule has 1 saturated heterocycles. The summed E-state index contributed by atoms with van der Waals surface area (Å²) >= 11 is 0. The van der Waals surface area contributed by atoms with Crippen LogP contribution in [0, 0.1) is 5.21 Å². The van der Waals surface area contributed by atoms with Crippen LogP contribution in [0.5, 0.6) is 0 Å². The lowest BCUT2D eigenvalue weighted by Crippen LogP contribution is -2.83. The number of hydrogen-bond acceptors (Lipinski definition) is 2. The normalized spacial score (nSPS) is 33.4. The van der Waals surface area contributed by atoms with Crippen molar-refractivity contribution in [1.82, 2.24) is 0 Å². The van der Waals surface area contributed by atoms with Gasteiger partial charge >= 0.3 is 0 Å². The van der Waals surface area contributed by atoms with Gasteiger partial charge in [-0.1, -0.05) is 0 Å². The molecule has 96 valence electrons. The summed E-state index contributed by atoms with van der Waals surface area (Å²) in [4.78, 5) is 0. The second-order valence-electron chi connectivity index (χ2n) is 7.16. The van der Waals surface area contributed by atoms with Gasteiger partial charge in [-0.15, -0.1) is 0 Å². The Morgan fingerprint density at radius 2 is 1.00 bits per heavy atom. The van der Waals surface area contributed by atoms with Crippen LogP contribution in [-0.4, -0.2) is 34.0 Å². The topological polar surface area (TPSA) is 32.3 Å². The predicted octanol–water partition coefficient (Wildman–Crippen LogP) is 3.08. The number of morpholine rings is 1. The van der Waals surface area contributed by atoms with Crippen LogP contribution < -0.4 is 0 Å². The van der Waals surface area contributed by atoms with E-state index in [4.69, 9.17) is 4.74 Å². The Hall–Kier alpha value is -0.120. The Labute approximate surface area is 99.9 Å². The third-order valence-electron chi connectivity index (χ3n) is 5.59. The van der Waals surface area contributed by atoms with Gasteiger partial charge in [0.1, 0.15) is 22.3 Å². The van der Waals surface area contributed by atoms with Crippen LogP contribution in [0.4, 0.5) is 0 Å². The summed E-state index contributed by atoms with van der Waals surface area (Å²) in [5.74, 6) is 0. The molecule has 0 aromatic rings. The van der Waals surface area contributed by atoms with E-state index < -0.39 is 22.3 Å². The molecule has 0 spiro atoms. The Bertz CT molecular complexity index is 273. The van der Waals surface area contributed by atoms with Crippen molar-refractivity contribution in [2.75, 3.05) is 7.05 Å². The lowest BCUT2D eigenvalue weighted by atomic mass is 9.71. The Kier molecular flexibility index (Phi) is 2.62. The van der Waals surface area contributed by atoms with Gasteiger partial charge in [0.25, 0.3) is 0 Å². The van der Waals surface area contributed by atoms with Crippen LogP contribution >= 0.6 is 0 Å². The van der Waals surface area contributed by atoms with Crippen molar-refractivity contribution < 1.29 is 9.38 Å². The van der Waals surface area contributed by atoms with E-state index in [1.165, 1.54) is 0 Å². The van der Waals surface area contributed by atoms with E-state index in [1.807, 2.05) is 55.4 Å². The first-order chi connectivity index (χ1) is 6.71. The van der Waals surface area contributed by atoms with Crippen LogP contribution in [-0.2, 0) is 4.74 Å². The van der Waals surface area contributed by atoms with Crippen molar-refractivity contribution in [2.45, 2.75) is 77.7 Å². The van der Waals surface area contributed by atoms with Gasteiger partial charge in [0.15, 0.2) is 0 Å². The van der Waals surface area contributed by atoms with Crippen LogP contribution in [0.2, 0.25) is 0 Å².